The number of rotatable bonds is 5. The van der Waals surface area contributed by atoms with E-state index in [1.807, 2.05) is 24.3 Å². The van der Waals surface area contributed by atoms with Gasteiger partial charge < -0.3 is 15.0 Å². The van der Waals surface area contributed by atoms with E-state index in [9.17, 15) is 0 Å². The second-order valence-electron chi connectivity index (χ2n) is 7.22. The minimum atomic E-state index is 0. The summed E-state index contributed by atoms with van der Waals surface area (Å²) < 4.78 is 5.95. The highest BCUT2D eigenvalue weighted by molar-refractivity contribution is 6.32. The second-order valence-corrected chi connectivity index (χ2v) is 7.63. The number of piperidine rings is 1. The van der Waals surface area contributed by atoms with Crippen LogP contribution in [0.1, 0.15) is 26.2 Å². The predicted octanol–water partition coefficient (Wildman–Crippen LogP) is 3.85. The summed E-state index contributed by atoms with van der Waals surface area (Å²) in [6.45, 7) is 9.11. The first-order valence-electron chi connectivity index (χ1n) is 8.45. The van der Waals surface area contributed by atoms with E-state index in [1.165, 1.54) is 38.9 Å². The molecule has 3 rings (SSSR count). The zero-order valence-electron chi connectivity index (χ0n) is 13.9. The Hall–Kier alpha value is -0.480. The standard InChI is InChI=1S/C18H27ClN2O.ClH/c1-18(8-9-20-13-18)14-21-10-4-5-15(11-21)12-22-17-7-3-2-6-16(17)19;/h2-3,6-7,15,20H,4-5,8-14H2,1H3;1H. The SMILES string of the molecule is CC1(CN2CCCC(COc3ccccc3Cl)C2)CCNC1.Cl. The molecule has 2 aliphatic rings. The monoisotopic (exact) mass is 358 g/mol. The maximum Gasteiger partial charge on any atom is 0.137 e. The van der Waals surface area contributed by atoms with Crippen molar-refractivity contribution in [1.82, 2.24) is 10.2 Å². The van der Waals surface area contributed by atoms with Crippen molar-refractivity contribution in [3.05, 3.63) is 29.3 Å². The highest BCUT2D eigenvalue weighted by Crippen LogP contribution is 2.29. The number of hydrogen-bond acceptors (Lipinski definition) is 3. The Balaban J connectivity index is 0.00000192. The minimum absolute atomic E-state index is 0. The molecule has 0 amide bonds. The molecule has 0 radical (unpaired) electrons. The van der Waals surface area contributed by atoms with Crippen molar-refractivity contribution in [2.45, 2.75) is 26.2 Å². The molecule has 3 nitrogen and oxygen atoms in total. The van der Waals surface area contributed by atoms with Crippen LogP contribution < -0.4 is 10.1 Å². The van der Waals surface area contributed by atoms with Gasteiger partial charge in [0, 0.05) is 25.6 Å². The van der Waals surface area contributed by atoms with Crippen LogP contribution in [-0.4, -0.2) is 44.2 Å². The first kappa shape index (κ1) is 18.9. The molecule has 2 atom stereocenters. The van der Waals surface area contributed by atoms with E-state index in [2.05, 4.69) is 17.1 Å². The number of benzene rings is 1. The van der Waals surface area contributed by atoms with Crippen LogP contribution >= 0.6 is 24.0 Å². The van der Waals surface area contributed by atoms with Crippen LogP contribution in [0.2, 0.25) is 5.02 Å². The first-order chi connectivity index (χ1) is 10.6. The Morgan fingerprint density at radius 1 is 1.39 bits per heavy atom. The number of nitrogens with one attached hydrogen (secondary N) is 1. The van der Waals surface area contributed by atoms with E-state index in [4.69, 9.17) is 16.3 Å². The maximum atomic E-state index is 6.16. The van der Waals surface area contributed by atoms with Crippen molar-refractivity contribution in [1.29, 1.82) is 0 Å². The number of halogens is 2. The van der Waals surface area contributed by atoms with Gasteiger partial charge in [0.1, 0.15) is 5.75 Å². The van der Waals surface area contributed by atoms with Gasteiger partial charge in [0.2, 0.25) is 0 Å². The lowest BCUT2D eigenvalue weighted by Crippen LogP contribution is -2.44. The lowest BCUT2D eigenvalue weighted by atomic mass is 9.87. The van der Waals surface area contributed by atoms with Crippen molar-refractivity contribution in [2.75, 3.05) is 39.3 Å². The summed E-state index contributed by atoms with van der Waals surface area (Å²) in [5.41, 5.74) is 0.450. The molecule has 1 aromatic rings. The topological polar surface area (TPSA) is 24.5 Å². The van der Waals surface area contributed by atoms with Gasteiger partial charge in [0.05, 0.1) is 11.6 Å². The largest absolute Gasteiger partial charge is 0.492 e. The predicted molar refractivity (Wildman–Crippen MR) is 99.0 cm³/mol. The Labute approximate surface area is 151 Å². The fourth-order valence-corrected chi connectivity index (χ4v) is 3.93. The third-order valence-corrected chi connectivity index (χ3v) is 5.29. The van der Waals surface area contributed by atoms with Crippen molar-refractivity contribution in [3.63, 3.8) is 0 Å². The summed E-state index contributed by atoms with van der Waals surface area (Å²) >= 11 is 6.16. The van der Waals surface area contributed by atoms with Crippen LogP contribution in [0.4, 0.5) is 0 Å². The molecule has 0 saturated carbocycles. The number of para-hydroxylation sites is 1. The van der Waals surface area contributed by atoms with Gasteiger partial charge in [-0.3, -0.25) is 0 Å². The van der Waals surface area contributed by atoms with Crippen LogP contribution in [0, 0.1) is 11.3 Å². The van der Waals surface area contributed by atoms with E-state index < -0.39 is 0 Å². The second kappa shape index (κ2) is 8.57. The summed E-state index contributed by atoms with van der Waals surface area (Å²) in [5.74, 6) is 1.43. The Bertz CT molecular complexity index is 492. The van der Waals surface area contributed by atoms with Gasteiger partial charge in [0.25, 0.3) is 0 Å². The summed E-state index contributed by atoms with van der Waals surface area (Å²) in [6, 6.07) is 7.75. The summed E-state index contributed by atoms with van der Waals surface area (Å²) in [5, 5.41) is 4.21. The number of ether oxygens (including phenoxy) is 1. The van der Waals surface area contributed by atoms with Crippen molar-refractivity contribution >= 4 is 24.0 Å². The zero-order valence-corrected chi connectivity index (χ0v) is 15.5. The van der Waals surface area contributed by atoms with Crippen LogP contribution in [0.25, 0.3) is 0 Å². The maximum absolute atomic E-state index is 6.16. The van der Waals surface area contributed by atoms with E-state index in [-0.39, 0.29) is 12.4 Å². The number of nitrogens with zero attached hydrogens (tertiary/aromatic N) is 1. The highest BCUT2D eigenvalue weighted by Gasteiger charge is 2.32. The van der Waals surface area contributed by atoms with Crippen LogP contribution in [0.3, 0.4) is 0 Å². The van der Waals surface area contributed by atoms with Gasteiger partial charge in [-0.2, -0.15) is 0 Å². The average molecular weight is 359 g/mol. The van der Waals surface area contributed by atoms with Crippen molar-refractivity contribution in [2.24, 2.45) is 11.3 Å². The van der Waals surface area contributed by atoms with E-state index >= 15 is 0 Å². The highest BCUT2D eigenvalue weighted by atomic mass is 35.5. The zero-order chi connectivity index (χ0) is 15.4. The molecular formula is C18H28Cl2N2O. The van der Waals surface area contributed by atoms with Crippen LogP contribution in [0.15, 0.2) is 24.3 Å². The molecule has 5 heteroatoms. The van der Waals surface area contributed by atoms with Crippen LogP contribution in [0.5, 0.6) is 5.75 Å². The molecule has 0 aromatic heterocycles. The summed E-state index contributed by atoms with van der Waals surface area (Å²) in [6.07, 6.45) is 3.83. The lowest BCUT2D eigenvalue weighted by molar-refractivity contribution is 0.0958. The summed E-state index contributed by atoms with van der Waals surface area (Å²) in [4.78, 5) is 2.64. The van der Waals surface area contributed by atoms with Gasteiger partial charge >= 0.3 is 0 Å². The first-order valence-corrected chi connectivity index (χ1v) is 8.83. The smallest absolute Gasteiger partial charge is 0.137 e. The molecule has 0 aliphatic carbocycles. The molecule has 0 bridgehead atoms. The minimum Gasteiger partial charge on any atom is -0.492 e. The molecule has 2 heterocycles. The molecule has 2 aliphatic heterocycles. The van der Waals surface area contributed by atoms with E-state index in [0.717, 1.165) is 25.4 Å². The molecule has 130 valence electrons. The lowest BCUT2D eigenvalue weighted by Gasteiger charge is -2.37. The molecule has 1 N–H and O–H groups in total. The molecule has 23 heavy (non-hydrogen) atoms. The molecule has 2 fully saturated rings. The third kappa shape index (κ3) is 5.25. The van der Waals surface area contributed by atoms with Crippen molar-refractivity contribution in [3.8, 4) is 5.75 Å². The summed E-state index contributed by atoms with van der Waals surface area (Å²) in [7, 11) is 0. The van der Waals surface area contributed by atoms with E-state index in [0.29, 0.717) is 16.4 Å². The van der Waals surface area contributed by atoms with Gasteiger partial charge in [-0.1, -0.05) is 30.7 Å². The fraction of sp³-hybridized carbons (Fsp3) is 0.667. The van der Waals surface area contributed by atoms with E-state index in [1.54, 1.807) is 0 Å². The number of hydrogen-bond donors (Lipinski definition) is 1. The molecule has 0 spiro atoms. The Morgan fingerprint density at radius 3 is 2.96 bits per heavy atom. The van der Waals surface area contributed by atoms with Gasteiger partial charge in [-0.25, -0.2) is 0 Å². The van der Waals surface area contributed by atoms with Gasteiger partial charge in [-0.05, 0) is 49.9 Å². The number of likely N-dealkylation sites (tertiary alicyclic amines) is 1. The van der Waals surface area contributed by atoms with Gasteiger partial charge in [-0.15, -0.1) is 12.4 Å². The third-order valence-electron chi connectivity index (χ3n) is 4.98. The van der Waals surface area contributed by atoms with Crippen LogP contribution in [-0.2, 0) is 0 Å². The molecule has 1 aromatic carbocycles. The molecular weight excluding hydrogens is 331 g/mol. The fourth-order valence-electron chi connectivity index (χ4n) is 3.74. The quantitative estimate of drug-likeness (QED) is 0.864. The Morgan fingerprint density at radius 2 is 2.22 bits per heavy atom. The Kier molecular flexibility index (Phi) is 7.02. The molecule has 2 unspecified atom stereocenters. The normalized spacial score (nSPS) is 28.3. The van der Waals surface area contributed by atoms with Crippen molar-refractivity contribution < 1.29 is 4.74 Å². The molecule has 2 saturated heterocycles. The van der Waals surface area contributed by atoms with Gasteiger partial charge in [0.15, 0.2) is 0 Å². The average Bonchev–Trinajstić information content (AvgIpc) is 2.93.